The van der Waals surface area contributed by atoms with E-state index in [1.54, 1.807) is 0 Å². The molecule has 1 amide bonds. The van der Waals surface area contributed by atoms with Crippen molar-refractivity contribution >= 4 is 17.2 Å². The molecule has 1 heterocycles. The molecule has 1 saturated carbocycles. The number of amides is 1. The fourth-order valence-electron chi connectivity index (χ4n) is 4.34. The van der Waals surface area contributed by atoms with Crippen LogP contribution < -0.4 is 10.0 Å². The highest BCUT2D eigenvalue weighted by Crippen LogP contribution is 2.42. The summed E-state index contributed by atoms with van der Waals surface area (Å²) >= 11 is -2.35. The summed E-state index contributed by atoms with van der Waals surface area (Å²) in [6.07, 6.45) is -5.67. The van der Waals surface area contributed by atoms with Gasteiger partial charge in [-0.25, -0.2) is 27.1 Å². The number of carbonyl (C=O) groups is 1. The van der Waals surface area contributed by atoms with Gasteiger partial charge in [-0.2, -0.15) is 13.2 Å². The third-order valence-electron chi connectivity index (χ3n) is 6.52. The molecule has 3 unspecified atom stereocenters. The SMILES string of the molecule is CC(NS(=O)O)c1ccc(C(C)C(=O)NCc2ccc(C(F)(F)F)nc2C2CCC(F)(F)CC2)cc1F. The summed E-state index contributed by atoms with van der Waals surface area (Å²) in [5, 5.41) is 2.62. The molecule has 0 bridgehead atoms. The van der Waals surface area contributed by atoms with Gasteiger partial charge in [-0.1, -0.05) is 18.2 Å². The smallest absolute Gasteiger partial charge is 0.351 e. The Kier molecular flexibility index (Phi) is 9.01. The molecule has 0 radical (unpaired) electrons. The molecular formula is C24H27F6N3O3S. The number of nitrogens with one attached hydrogen (secondary N) is 2. The van der Waals surface area contributed by atoms with Crippen LogP contribution in [0.3, 0.4) is 0 Å². The lowest BCUT2D eigenvalue weighted by Crippen LogP contribution is -2.30. The molecule has 2 aromatic rings. The van der Waals surface area contributed by atoms with E-state index in [1.807, 2.05) is 0 Å². The summed E-state index contributed by atoms with van der Waals surface area (Å²) in [6, 6.07) is 5.22. The number of nitrogens with zero attached hydrogens (tertiary/aromatic N) is 1. The second-order valence-corrected chi connectivity index (χ2v) is 9.91. The minimum atomic E-state index is -4.71. The minimum absolute atomic E-state index is 0.0264. The highest BCUT2D eigenvalue weighted by Gasteiger charge is 2.38. The molecule has 3 rings (SSSR count). The van der Waals surface area contributed by atoms with Crippen LogP contribution in [0.4, 0.5) is 26.3 Å². The molecule has 0 aliphatic heterocycles. The highest BCUT2D eigenvalue weighted by atomic mass is 32.2. The van der Waals surface area contributed by atoms with Gasteiger partial charge in [-0.05, 0) is 49.9 Å². The van der Waals surface area contributed by atoms with E-state index >= 15 is 0 Å². The van der Waals surface area contributed by atoms with Crippen LogP contribution in [0.1, 0.15) is 85.5 Å². The zero-order chi connectivity index (χ0) is 27.5. The van der Waals surface area contributed by atoms with E-state index < -0.39 is 71.5 Å². The minimum Gasteiger partial charge on any atom is -0.351 e. The third-order valence-corrected chi connectivity index (χ3v) is 7.08. The van der Waals surface area contributed by atoms with Crippen molar-refractivity contribution in [3.05, 3.63) is 64.2 Å². The zero-order valence-electron chi connectivity index (χ0n) is 20.0. The molecule has 1 fully saturated rings. The molecule has 1 aromatic carbocycles. The maximum absolute atomic E-state index is 14.6. The monoisotopic (exact) mass is 551 g/mol. The molecule has 13 heteroatoms. The summed E-state index contributed by atoms with van der Waals surface area (Å²) in [4.78, 5) is 16.5. The number of halogens is 6. The second-order valence-electron chi connectivity index (χ2n) is 9.18. The normalized spacial score (nSPS) is 18.7. The molecule has 204 valence electrons. The van der Waals surface area contributed by atoms with E-state index in [0.29, 0.717) is 11.1 Å². The average Bonchev–Trinajstić information content (AvgIpc) is 2.80. The number of rotatable bonds is 8. The van der Waals surface area contributed by atoms with Crippen molar-refractivity contribution in [2.45, 2.75) is 76.1 Å². The lowest BCUT2D eigenvalue weighted by Gasteiger charge is -2.29. The number of aromatic nitrogens is 1. The molecule has 6 nitrogen and oxygen atoms in total. The van der Waals surface area contributed by atoms with E-state index in [4.69, 9.17) is 4.55 Å². The number of hydrogen-bond donors (Lipinski definition) is 3. The van der Waals surface area contributed by atoms with Crippen LogP contribution >= 0.6 is 0 Å². The Bertz CT molecular complexity index is 1150. The van der Waals surface area contributed by atoms with E-state index in [1.165, 1.54) is 32.0 Å². The van der Waals surface area contributed by atoms with Crippen LogP contribution in [0, 0.1) is 5.82 Å². The van der Waals surface area contributed by atoms with Crippen LogP contribution in [0.25, 0.3) is 0 Å². The predicted octanol–water partition coefficient (Wildman–Crippen LogP) is 5.74. The van der Waals surface area contributed by atoms with E-state index in [0.717, 1.165) is 12.1 Å². The number of hydrogen-bond acceptors (Lipinski definition) is 3. The summed E-state index contributed by atoms with van der Waals surface area (Å²) in [6.45, 7) is 2.83. The lowest BCUT2D eigenvalue weighted by atomic mass is 9.83. The van der Waals surface area contributed by atoms with E-state index in [-0.39, 0.29) is 30.6 Å². The molecule has 1 aliphatic carbocycles. The van der Waals surface area contributed by atoms with E-state index in [2.05, 4.69) is 15.0 Å². The highest BCUT2D eigenvalue weighted by molar-refractivity contribution is 7.77. The van der Waals surface area contributed by atoms with E-state index in [9.17, 15) is 35.3 Å². The van der Waals surface area contributed by atoms with Gasteiger partial charge in [0.05, 0.1) is 5.92 Å². The summed E-state index contributed by atoms with van der Waals surface area (Å²) < 4.78 is 104. The first kappa shape index (κ1) is 29.1. The first-order valence-corrected chi connectivity index (χ1v) is 12.7. The Morgan fingerprint density at radius 1 is 1.19 bits per heavy atom. The molecule has 3 N–H and O–H groups in total. The van der Waals surface area contributed by atoms with Gasteiger partial charge in [0.25, 0.3) is 0 Å². The van der Waals surface area contributed by atoms with Gasteiger partial charge in [-0.15, -0.1) is 0 Å². The van der Waals surface area contributed by atoms with Gasteiger partial charge in [0.15, 0.2) is 0 Å². The van der Waals surface area contributed by atoms with Crippen molar-refractivity contribution in [3.8, 4) is 0 Å². The molecule has 0 saturated heterocycles. The van der Waals surface area contributed by atoms with Crippen molar-refractivity contribution in [2.24, 2.45) is 0 Å². The predicted molar refractivity (Wildman–Crippen MR) is 124 cm³/mol. The van der Waals surface area contributed by atoms with Crippen LogP contribution in [0.15, 0.2) is 30.3 Å². The van der Waals surface area contributed by atoms with Crippen LogP contribution in [-0.4, -0.2) is 25.6 Å². The molecular weight excluding hydrogens is 524 g/mol. The average molecular weight is 552 g/mol. The topological polar surface area (TPSA) is 91.3 Å². The molecule has 3 atom stereocenters. The van der Waals surface area contributed by atoms with Gasteiger partial charge >= 0.3 is 6.18 Å². The fourth-order valence-corrected chi connectivity index (χ4v) is 4.77. The Morgan fingerprint density at radius 3 is 2.41 bits per heavy atom. The number of pyridine rings is 1. The number of carbonyl (C=O) groups excluding carboxylic acids is 1. The zero-order valence-corrected chi connectivity index (χ0v) is 20.9. The van der Waals surface area contributed by atoms with Crippen molar-refractivity contribution in [1.29, 1.82) is 0 Å². The quantitative estimate of drug-likeness (QED) is 0.288. The van der Waals surface area contributed by atoms with Crippen molar-refractivity contribution in [2.75, 3.05) is 0 Å². The third kappa shape index (κ3) is 7.51. The maximum atomic E-state index is 14.6. The first-order chi connectivity index (χ1) is 17.2. The van der Waals surface area contributed by atoms with Crippen LogP contribution in [-0.2, 0) is 28.8 Å². The van der Waals surface area contributed by atoms with Gasteiger partial charge in [0, 0.05) is 42.6 Å². The molecule has 0 spiro atoms. The summed E-state index contributed by atoms with van der Waals surface area (Å²) in [7, 11) is 0. The number of benzene rings is 1. The first-order valence-electron chi connectivity index (χ1n) is 11.6. The largest absolute Gasteiger partial charge is 0.433 e. The van der Waals surface area contributed by atoms with Crippen LogP contribution in [0.5, 0.6) is 0 Å². The Morgan fingerprint density at radius 2 is 1.84 bits per heavy atom. The van der Waals surface area contributed by atoms with Crippen molar-refractivity contribution in [1.82, 2.24) is 15.0 Å². The lowest BCUT2D eigenvalue weighted by molar-refractivity contribution is -0.141. The number of alkyl halides is 5. The van der Waals surface area contributed by atoms with Gasteiger partial charge < -0.3 is 5.32 Å². The fraction of sp³-hybridized carbons (Fsp3) is 0.500. The summed E-state index contributed by atoms with van der Waals surface area (Å²) in [5.74, 6) is -5.52. The maximum Gasteiger partial charge on any atom is 0.433 e. The van der Waals surface area contributed by atoms with Crippen molar-refractivity contribution < 1.29 is 39.9 Å². The van der Waals surface area contributed by atoms with Crippen molar-refractivity contribution in [3.63, 3.8) is 0 Å². The standard InChI is InChI=1S/C24H27F6N3O3S/c1-13(16-3-5-18(19(25)11-16)14(2)33-37(35)36)22(34)31-12-17-4-6-20(24(28,29)30)32-21(17)15-7-9-23(26,27)10-8-15/h3-6,11,13-15,33H,7-10,12H2,1-2H3,(H,31,34)(H,35,36). The van der Waals surface area contributed by atoms with Gasteiger partial charge in [0.2, 0.25) is 23.1 Å². The van der Waals surface area contributed by atoms with Gasteiger partial charge in [0.1, 0.15) is 11.5 Å². The Balaban J connectivity index is 1.75. The molecule has 1 aromatic heterocycles. The van der Waals surface area contributed by atoms with Crippen LogP contribution in [0.2, 0.25) is 0 Å². The molecule has 37 heavy (non-hydrogen) atoms. The Hall–Kier alpha value is -2.51. The van der Waals surface area contributed by atoms with Gasteiger partial charge in [-0.3, -0.25) is 9.35 Å². The summed E-state index contributed by atoms with van der Waals surface area (Å²) in [5.41, 5.74) is -0.361. The molecule has 1 aliphatic rings. The second kappa shape index (κ2) is 11.5. The Labute approximate surface area is 212 Å².